The van der Waals surface area contributed by atoms with Gasteiger partial charge in [-0.3, -0.25) is 14.4 Å². The van der Waals surface area contributed by atoms with E-state index in [1.807, 2.05) is 0 Å². The number of benzene rings is 1. The summed E-state index contributed by atoms with van der Waals surface area (Å²) in [5.74, 6) is 0.271. The fourth-order valence-corrected chi connectivity index (χ4v) is 4.42. The Kier molecular flexibility index (Phi) is 7.16. The normalized spacial score (nSPS) is 16.9. The van der Waals surface area contributed by atoms with Gasteiger partial charge in [-0.15, -0.1) is 0 Å². The average molecular weight is 452 g/mol. The van der Waals surface area contributed by atoms with Crippen LogP contribution in [0, 0.1) is 5.92 Å². The molecule has 3 amide bonds. The molecule has 1 aliphatic carbocycles. The number of rotatable bonds is 6. The first kappa shape index (κ1) is 22.7. The van der Waals surface area contributed by atoms with Crippen molar-refractivity contribution in [3.63, 3.8) is 0 Å². The highest BCUT2D eigenvalue weighted by atomic mass is 16.5. The molecule has 1 aliphatic heterocycles. The molecule has 2 heterocycles. The number of ether oxygens (including phenoxy) is 1. The van der Waals surface area contributed by atoms with Gasteiger partial charge in [-0.05, 0) is 43.9 Å². The molecule has 1 aromatic carbocycles. The van der Waals surface area contributed by atoms with Crippen molar-refractivity contribution in [2.45, 2.75) is 44.6 Å². The van der Waals surface area contributed by atoms with Gasteiger partial charge in [0.15, 0.2) is 11.5 Å². The summed E-state index contributed by atoms with van der Waals surface area (Å²) in [5.41, 5.74) is 0.692. The molecule has 2 aromatic rings. The van der Waals surface area contributed by atoms with Crippen LogP contribution in [-0.4, -0.2) is 58.8 Å². The second-order valence-electron chi connectivity index (χ2n) is 8.50. The number of methoxy groups -OCH3 is 1. The second-order valence-corrected chi connectivity index (χ2v) is 8.50. The number of nitrogens with one attached hydrogen (secondary N) is 2. The largest absolute Gasteiger partial charge is 0.497 e. The van der Waals surface area contributed by atoms with Crippen molar-refractivity contribution in [1.29, 1.82) is 0 Å². The number of carbonyl (C=O) groups is 3. The molecule has 1 aromatic heterocycles. The Bertz CT molecular complexity index is 1010. The Morgan fingerprint density at radius 2 is 1.76 bits per heavy atom. The van der Waals surface area contributed by atoms with E-state index in [-0.39, 0.29) is 41.2 Å². The Morgan fingerprint density at radius 3 is 2.48 bits per heavy atom. The van der Waals surface area contributed by atoms with Gasteiger partial charge >= 0.3 is 0 Å². The van der Waals surface area contributed by atoms with Gasteiger partial charge in [0, 0.05) is 43.0 Å². The number of carbonyl (C=O) groups excluding carboxylic acids is 3. The molecule has 2 aliphatic rings. The van der Waals surface area contributed by atoms with Crippen molar-refractivity contribution in [3.8, 4) is 5.75 Å². The van der Waals surface area contributed by atoms with Gasteiger partial charge in [-0.2, -0.15) is 0 Å². The van der Waals surface area contributed by atoms with Crippen molar-refractivity contribution < 1.29 is 19.1 Å². The highest BCUT2D eigenvalue weighted by molar-refractivity contribution is 6.01. The van der Waals surface area contributed by atoms with E-state index in [9.17, 15) is 14.4 Å². The van der Waals surface area contributed by atoms with Gasteiger partial charge in [0.2, 0.25) is 5.91 Å². The van der Waals surface area contributed by atoms with Crippen LogP contribution in [-0.2, 0) is 4.79 Å². The van der Waals surface area contributed by atoms with E-state index < -0.39 is 0 Å². The summed E-state index contributed by atoms with van der Waals surface area (Å²) < 4.78 is 5.20. The summed E-state index contributed by atoms with van der Waals surface area (Å²) in [6, 6.07) is 7.01. The molecule has 2 fully saturated rings. The van der Waals surface area contributed by atoms with Gasteiger partial charge in [-0.1, -0.05) is 18.9 Å². The van der Waals surface area contributed by atoms with Crippen LogP contribution in [0.15, 0.2) is 36.7 Å². The van der Waals surface area contributed by atoms with Crippen LogP contribution in [0.3, 0.4) is 0 Å². The van der Waals surface area contributed by atoms with E-state index in [2.05, 4.69) is 20.6 Å². The molecule has 4 rings (SSSR count). The summed E-state index contributed by atoms with van der Waals surface area (Å²) in [6.45, 7) is 1.07. The Labute approximate surface area is 192 Å². The lowest BCUT2D eigenvalue weighted by molar-refractivity contribution is -0.119. The second kappa shape index (κ2) is 10.4. The number of nitrogens with zero attached hydrogens (tertiary/aromatic N) is 3. The molecule has 9 nitrogen and oxygen atoms in total. The van der Waals surface area contributed by atoms with Crippen LogP contribution in [0.25, 0.3) is 0 Å². The first-order valence-corrected chi connectivity index (χ1v) is 11.4. The monoisotopic (exact) mass is 451 g/mol. The molecule has 1 saturated heterocycles. The Morgan fingerprint density at radius 1 is 1.03 bits per heavy atom. The molecule has 0 atom stereocenters. The maximum absolute atomic E-state index is 12.9. The smallest absolute Gasteiger partial charge is 0.273 e. The number of hydrogen-bond acceptors (Lipinski definition) is 6. The molecule has 1 saturated carbocycles. The van der Waals surface area contributed by atoms with E-state index in [1.165, 1.54) is 12.4 Å². The zero-order chi connectivity index (χ0) is 23.2. The third-order valence-electron chi connectivity index (χ3n) is 6.31. The number of amides is 3. The van der Waals surface area contributed by atoms with Gasteiger partial charge in [0.05, 0.1) is 7.11 Å². The fourth-order valence-electron chi connectivity index (χ4n) is 4.42. The highest BCUT2D eigenvalue weighted by Crippen LogP contribution is 2.26. The summed E-state index contributed by atoms with van der Waals surface area (Å²) in [5, 5.41) is 5.77. The van der Waals surface area contributed by atoms with Crippen LogP contribution in [0.1, 0.15) is 59.4 Å². The molecule has 0 spiro atoms. The van der Waals surface area contributed by atoms with Crippen molar-refractivity contribution in [3.05, 3.63) is 47.9 Å². The molecule has 33 heavy (non-hydrogen) atoms. The third kappa shape index (κ3) is 5.47. The summed E-state index contributed by atoms with van der Waals surface area (Å²) in [7, 11) is 1.57. The third-order valence-corrected chi connectivity index (χ3v) is 6.31. The van der Waals surface area contributed by atoms with E-state index >= 15 is 0 Å². The quantitative estimate of drug-likeness (QED) is 0.698. The van der Waals surface area contributed by atoms with Gasteiger partial charge in [0.1, 0.15) is 5.75 Å². The molecule has 0 unspecified atom stereocenters. The number of piperidine rings is 1. The predicted molar refractivity (Wildman–Crippen MR) is 122 cm³/mol. The van der Waals surface area contributed by atoms with Crippen molar-refractivity contribution in [1.82, 2.24) is 20.2 Å². The number of hydrogen-bond donors (Lipinski definition) is 2. The fraction of sp³-hybridized carbons (Fsp3) is 0.458. The van der Waals surface area contributed by atoms with E-state index in [0.29, 0.717) is 37.2 Å². The molecule has 2 N–H and O–H groups in total. The van der Waals surface area contributed by atoms with Crippen molar-refractivity contribution in [2.75, 3.05) is 25.5 Å². The van der Waals surface area contributed by atoms with Crippen LogP contribution in [0.5, 0.6) is 5.75 Å². The first-order chi connectivity index (χ1) is 16.0. The summed E-state index contributed by atoms with van der Waals surface area (Å²) in [4.78, 5) is 48.3. The molecule has 9 heteroatoms. The maximum Gasteiger partial charge on any atom is 0.273 e. The van der Waals surface area contributed by atoms with Crippen LogP contribution in [0.4, 0.5) is 5.82 Å². The lowest BCUT2D eigenvalue weighted by atomic mass is 10.0. The number of likely N-dealkylation sites (tertiary alicyclic amines) is 1. The topological polar surface area (TPSA) is 114 Å². The minimum absolute atomic E-state index is 0.0330. The number of aromatic nitrogens is 2. The van der Waals surface area contributed by atoms with Crippen molar-refractivity contribution >= 4 is 23.5 Å². The SMILES string of the molecule is COc1cccc(C(=O)N2CCC(NC(=O)c3nccnc3NC(=O)C3CCCC3)CC2)c1. The van der Waals surface area contributed by atoms with Gasteiger partial charge in [0.25, 0.3) is 11.8 Å². The van der Waals surface area contributed by atoms with Crippen LogP contribution in [0.2, 0.25) is 0 Å². The Balaban J connectivity index is 1.33. The molecule has 0 radical (unpaired) electrons. The predicted octanol–water partition coefficient (Wildman–Crippen LogP) is 2.65. The van der Waals surface area contributed by atoms with E-state index in [4.69, 9.17) is 4.74 Å². The van der Waals surface area contributed by atoms with E-state index in [0.717, 1.165) is 25.7 Å². The standard InChI is InChI=1S/C24H29N5O4/c1-33-19-8-4-7-17(15-19)24(32)29-13-9-18(10-14-29)27-23(31)20-21(26-12-11-25-20)28-22(30)16-5-2-3-6-16/h4,7-8,11-12,15-16,18H,2-3,5-6,9-10,13-14H2,1H3,(H,27,31)(H,26,28,30). The van der Waals surface area contributed by atoms with Gasteiger partial charge in [-0.25, -0.2) is 9.97 Å². The average Bonchev–Trinajstić information content (AvgIpc) is 3.40. The van der Waals surface area contributed by atoms with Gasteiger partial charge < -0.3 is 20.3 Å². The highest BCUT2D eigenvalue weighted by Gasteiger charge is 2.28. The maximum atomic E-state index is 12.9. The lowest BCUT2D eigenvalue weighted by Crippen LogP contribution is -2.46. The zero-order valence-corrected chi connectivity index (χ0v) is 18.8. The summed E-state index contributed by atoms with van der Waals surface area (Å²) in [6.07, 6.45) is 7.98. The van der Waals surface area contributed by atoms with E-state index in [1.54, 1.807) is 36.3 Å². The minimum atomic E-state index is -0.373. The summed E-state index contributed by atoms with van der Waals surface area (Å²) >= 11 is 0. The lowest BCUT2D eigenvalue weighted by Gasteiger charge is -2.32. The number of anilines is 1. The van der Waals surface area contributed by atoms with Crippen LogP contribution < -0.4 is 15.4 Å². The van der Waals surface area contributed by atoms with Crippen molar-refractivity contribution in [2.24, 2.45) is 5.92 Å². The van der Waals surface area contributed by atoms with Crippen LogP contribution >= 0.6 is 0 Å². The molecule has 0 bridgehead atoms. The molecular weight excluding hydrogens is 422 g/mol. The molecular formula is C24H29N5O4. The molecule has 174 valence electrons. The zero-order valence-electron chi connectivity index (χ0n) is 18.8. The Hall–Kier alpha value is -3.49. The minimum Gasteiger partial charge on any atom is -0.497 e. The first-order valence-electron chi connectivity index (χ1n) is 11.4.